The van der Waals surface area contributed by atoms with Crippen LogP contribution in [0.5, 0.6) is 5.75 Å². The van der Waals surface area contributed by atoms with Gasteiger partial charge in [0.05, 0.1) is 22.0 Å². The molecule has 0 aliphatic heterocycles. The third-order valence-electron chi connectivity index (χ3n) is 3.64. The number of H-pyrrole nitrogens is 1. The van der Waals surface area contributed by atoms with Crippen molar-refractivity contribution in [3.63, 3.8) is 0 Å². The van der Waals surface area contributed by atoms with Crippen molar-refractivity contribution < 1.29 is 9.66 Å². The number of ether oxygens (including phenoxy) is 1. The number of hydrogen-bond acceptors (Lipinski definition) is 6. The molecule has 0 spiro atoms. The van der Waals surface area contributed by atoms with Gasteiger partial charge in [0.1, 0.15) is 6.61 Å². The summed E-state index contributed by atoms with van der Waals surface area (Å²) >= 11 is 0. The van der Waals surface area contributed by atoms with E-state index in [0.29, 0.717) is 21.1 Å². The van der Waals surface area contributed by atoms with Crippen LogP contribution in [0.4, 0.5) is 5.69 Å². The highest BCUT2D eigenvalue weighted by Gasteiger charge is 2.15. The van der Waals surface area contributed by atoms with E-state index < -0.39 is 16.2 Å². The predicted octanol–water partition coefficient (Wildman–Crippen LogP) is 2.04. The Hall–Kier alpha value is -4.01. The van der Waals surface area contributed by atoms with Crippen LogP contribution in [-0.4, -0.2) is 27.4 Å². The highest BCUT2D eigenvalue weighted by atomic mass is 16.6. The molecule has 0 saturated carbocycles. The number of benzene rings is 2. The van der Waals surface area contributed by atoms with E-state index in [0.717, 1.165) is 0 Å². The largest absolute Gasteiger partial charge is 0.483 e. The van der Waals surface area contributed by atoms with Gasteiger partial charge in [-0.2, -0.15) is 5.10 Å². The van der Waals surface area contributed by atoms with Gasteiger partial charge in [-0.05, 0) is 24.3 Å². The molecule has 1 heterocycles. The molecule has 0 atom stereocenters. The molecule has 0 fully saturated rings. The number of aromatic amines is 1. The van der Waals surface area contributed by atoms with Crippen LogP contribution in [0.3, 0.4) is 0 Å². The molecule has 0 unspecified atom stereocenters. The Balaban J connectivity index is 2.01. The minimum absolute atomic E-state index is 0.0813. The van der Waals surface area contributed by atoms with E-state index in [9.17, 15) is 19.7 Å². The molecule has 9 nitrogen and oxygen atoms in total. The van der Waals surface area contributed by atoms with Gasteiger partial charge < -0.3 is 9.72 Å². The zero-order chi connectivity index (χ0) is 19.4. The summed E-state index contributed by atoms with van der Waals surface area (Å²) in [5.41, 5.74) is -0.840. The van der Waals surface area contributed by atoms with E-state index in [1.165, 1.54) is 30.5 Å². The number of nitro benzene ring substituents is 1. The molecule has 1 N–H and O–H groups in total. The lowest BCUT2D eigenvalue weighted by atomic mass is 10.2. The summed E-state index contributed by atoms with van der Waals surface area (Å²) in [6.07, 6.45) is 2.66. The van der Waals surface area contributed by atoms with Crippen LogP contribution in [0.1, 0.15) is 5.56 Å². The van der Waals surface area contributed by atoms with E-state index in [4.69, 9.17) is 4.74 Å². The van der Waals surface area contributed by atoms with Gasteiger partial charge in [0.15, 0.2) is 5.75 Å². The van der Waals surface area contributed by atoms with Crippen molar-refractivity contribution in [3.05, 3.63) is 91.6 Å². The molecule has 0 aliphatic carbocycles. The molecule has 0 radical (unpaired) electrons. The SMILES string of the molecule is C=CCOc1ccc(C=Nn2c(=O)[nH]c3ccccc3c2=O)cc1[N+](=O)[O-]. The lowest BCUT2D eigenvalue weighted by molar-refractivity contribution is -0.385. The van der Waals surface area contributed by atoms with Crippen LogP contribution in [0, 0.1) is 10.1 Å². The second-order valence-corrected chi connectivity index (χ2v) is 5.42. The zero-order valence-electron chi connectivity index (χ0n) is 14.0. The Morgan fingerprint density at radius 3 is 2.78 bits per heavy atom. The molecule has 0 bridgehead atoms. The first-order valence-electron chi connectivity index (χ1n) is 7.82. The summed E-state index contributed by atoms with van der Waals surface area (Å²) < 4.78 is 5.90. The van der Waals surface area contributed by atoms with Crippen LogP contribution in [0.25, 0.3) is 10.9 Å². The van der Waals surface area contributed by atoms with Crippen molar-refractivity contribution in [1.29, 1.82) is 0 Å². The first-order chi connectivity index (χ1) is 13.0. The number of fused-ring (bicyclic) bond motifs is 1. The molecule has 136 valence electrons. The number of nitrogens with zero attached hydrogens (tertiary/aromatic N) is 3. The van der Waals surface area contributed by atoms with Gasteiger partial charge in [-0.25, -0.2) is 4.79 Å². The van der Waals surface area contributed by atoms with Gasteiger partial charge >= 0.3 is 11.4 Å². The third-order valence-corrected chi connectivity index (χ3v) is 3.64. The zero-order valence-corrected chi connectivity index (χ0v) is 14.0. The van der Waals surface area contributed by atoms with Crippen molar-refractivity contribution in [2.75, 3.05) is 6.61 Å². The van der Waals surface area contributed by atoms with Crippen molar-refractivity contribution in [3.8, 4) is 5.75 Å². The van der Waals surface area contributed by atoms with Crippen LogP contribution < -0.4 is 16.0 Å². The Morgan fingerprint density at radius 2 is 2.04 bits per heavy atom. The van der Waals surface area contributed by atoms with Gasteiger partial charge in [-0.3, -0.25) is 14.9 Å². The van der Waals surface area contributed by atoms with E-state index in [1.54, 1.807) is 24.3 Å². The Bertz CT molecular complexity index is 1180. The maximum absolute atomic E-state index is 12.4. The fourth-order valence-corrected chi connectivity index (χ4v) is 2.41. The summed E-state index contributed by atoms with van der Waals surface area (Å²) in [4.78, 5) is 37.7. The van der Waals surface area contributed by atoms with Gasteiger partial charge in [0.2, 0.25) is 0 Å². The molecular formula is C18H14N4O5. The summed E-state index contributed by atoms with van der Waals surface area (Å²) in [7, 11) is 0. The average molecular weight is 366 g/mol. The van der Waals surface area contributed by atoms with Crippen LogP contribution >= 0.6 is 0 Å². The van der Waals surface area contributed by atoms with Crippen molar-refractivity contribution in [1.82, 2.24) is 9.66 Å². The second kappa shape index (κ2) is 7.48. The maximum Gasteiger partial charge on any atom is 0.349 e. The highest BCUT2D eigenvalue weighted by Crippen LogP contribution is 2.27. The fraction of sp³-hybridized carbons (Fsp3) is 0.0556. The molecule has 0 aliphatic rings. The first-order valence-corrected chi connectivity index (χ1v) is 7.82. The molecular weight excluding hydrogens is 352 g/mol. The minimum atomic E-state index is -0.713. The molecule has 1 aromatic heterocycles. The first kappa shape index (κ1) is 17.8. The van der Waals surface area contributed by atoms with E-state index in [1.807, 2.05) is 0 Å². The topological polar surface area (TPSA) is 120 Å². The second-order valence-electron chi connectivity index (χ2n) is 5.42. The molecule has 2 aromatic carbocycles. The highest BCUT2D eigenvalue weighted by molar-refractivity contribution is 5.82. The van der Waals surface area contributed by atoms with Crippen LogP contribution in [0.15, 0.2) is 69.8 Å². The summed E-state index contributed by atoms with van der Waals surface area (Å²) in [6.45, 7) is 3.61. The third kappa shape index (κ3) is 3.66. The number of rotatable bonds is 6. The molecule has 3 rings (SSSR count). The van der Waals surface area contributed by atoms with Crippen molar-refractivity contribution >= 4 is 22.8 Å². The lowest BCUT2D eigenvalue weighted by Crippen LogP contribution is -2.32. The quantitative estimate of drug-likeness (QED) is 0.310. The van der Waals surface area contributed by atoms with E-state index in [2.05, 4.69) is 16.7 Å². The molecule has 9 heteroatoms. The number of para-hydroxylation sites is 1. The molecule has 27 heavy (non-hydrogen) atoms. The normalized spacial score (nSPS) is 11.0. The molecule has 3 aromatic rings. The van der Waals surface area contributed by atoms with Gasteiger partial charge in [-0.1, -0.05) is 24.8 Å². The van der Waals surface area contributed by atoms with Crippen LogP contribution in [0.2, 0.25) is 0 Å². The number of hydrogen-bond donors (Lipinski definition) is 1. The summed E-state index contributed by atoms with van der Waals surface area (Å²) in [6, 6.07) is 10.7. The lowest BCUT2D eigenvalue weighted by Gasteiger charge is -2.05. The number of aromatic nitrogens is 2. The summed E-state index contributed by atoms with van der Waals surface area (Å²) in [5, 5.41) is 15.4. The maximum atomic E-state index is 12.4. The van der Waals surface area contributed by atoms with Gasteiger partial charge in [-0.15, -0.1) is 4.68 Å². The van der Waals surface area contributed by atoms with E-state index >= 15 is 0 Å². The van der Waals surface area contributed by atoms with Crippen molar-refractivity contribution in [2.45, 2.75) is 0 Å². The predicted molar refractivity (Wildman–Crippen MR) is 101 cm³/mol. The van der Waals surface area contributed by atoms with Gasteiger partial charge in [0.25, 0.3) is 5.56 Å². The van der Waals surface area contributed by atoms with Gasteiger partial charge in [0, 0.05) is 11.6 Å². The Labute approximate surface area is 152 Å². The molecule has 0 saturated heterocycles. The monoisotopic (exact) mass is 366 g/mol. The molecule has 0 amide bonds. The number of nitro groups is 1. The number of nitrogens with one attached hydrogen (secondary N) is 1. The van der Waals surface area contributed by atoms with Crippen molar-refractivity contribution in [2.24, 2.45) is 5.10 Å². The smallest absolute Gasteiger partial charge is 0.349 e. The van der Waals surface area contributed by atoms with Crippen LogP contribution in [-0.2, 0) is 0 Å². The van der Waals surface area contributed by atoms with E-state index in [-0.39, 0.29) is 18.0 Å². The average Bonchev–Trinajstić information content (AvgIpc) is 2.66. The standard InChI is InChI=1S/C18H14N4O5/c1-2-9-27-16-8-7-12(10-15(16)22(25)26)11-19-21-17(23)13-5-3-4-6-14(13)20-18(21)24/h2-8,10-11H,1,9H2,(H,20,24). The fourth-order valence-electron chi connectivity index (χ4n) is 2.41. The minimum Gasteiger partial charge on any atom is -0.483 e. The Kier molecular flexibility index (Phi) is 4.93. The summed E-state index contributed by atoms with van der Waals surface area (Å²) in [5.74, 6) is 0.0813. The Morgan fingerprint density at radius 1 is 1.26 bits per heavy atom.